The predicted molar refractivity (Wildman–Crippen MR) is 97.0 cm³/mol. The number of aliphatic carboxylic acids is 1. The molecule has 1 aromatic carbocycles. The number of carbonyl (C=O) groups is 2. The van der Waals surface area contributed by atoms with Crippen molar-refractivity contribution in [1.82, 2.24) is 10.2 Å². The summed E-state index contributed by atoms with van der Waals surface area (Å²) >= 11 is 1.24. The molecule has 2 N–H and O–H groups in total. The van der Waals surface area contributed by atoms with E-state index >= 15 is 0 Å². The molecule has 0 radical (unpaired) electrons. The van der Waals surface area contributed by atoms with Gasteiger partial charge < -0.3 is 15.2 Å². The minimum absolute atomic E-state index is 0.260. The molecule has 0 spiro atoms. The van der Waals surface area contributed by atoms with Crippen molar-refractivity contribution in [2.45, 2.75) is 33.3 Å². The van der Waals surface area contributed by atoms with Gasteiger partial charge in [-0.25, -0.2) is 0 Å². The van der Waals surface area contributed by atoms with E-state index < -0.39 is 23.2 Å². The Balaban J connectivity index is 1.66. The first-order chi connectivity index (χ1) is 12.3. The number of nitrogens with one attached hydrogen (secondary N) is 1. The molecule has 26 heavy (non-hydrogen) atoms. The Bertz CT molecular complexity index is 806. The largest absolute Gasteiger partial charge is 0.483 e. The van der Waals surface area contributed by atoms with Crippen molar-refractivity contribution in [3.8, 4) is 5.75 Å². The normalized spacial score (nSPS) is 21.7. The van der Waals surface area contributed by atoms with Gasteiger partial charge in [-0.3, -0.25) is 9.59 Å². The number of carboxylic acid groups (broad SMARTS) is 1. The number of para-hydroxylation sites is 1. The highest BCUT2D eigenvalue weighted by Crippen LogP contribution is 2.58. The van der Waals surface area contributed by atoms with E-state index in [1.165, 1.54) is 11.3 Å². The lowest BCUT2D eigenvalue weighted by Crippen LogP contribution is -2.17. The molecule has 3 atom stereocenters. The van der Waals surface area contributed by atoms with Crippen molar-refractivity contribution < 1.29 is 19.4 Å². The van der Waals surface area contributed by atoms with Gasteiger partial charge >= 0.3 is 5.97 Å². The van der Waals surface area contributed by atoms with Crippen LogP contribution in [0.4, 0.5) is 5.13 Å². The second-order valence-electron chi connectivity index (χ2n) is 6.88. The Morgan fingerprint density at radius 3 is 2.54 bits per heavy atom. The van der Waals surface area contributed by atoms with Crippen LogP contribution in [0.5, 0.6) is 5.75 Å². The molecule has 8 heteroatoms. The second-order valence-corrected chi connectivity index (χ2v) is 7.89. The molecule has 1 amide bonds. The molecule has 3 rings (SSSR count). The molecule has 2 aromatic rings. The fourth-order valence-electron chi connectivity index (χ4n) is 3.16. The van der Waals surface area contributed by atoms with Gasteiger partial charge in [-0.1, -0.05) is 50.3 Å². The monoisotopic (exact) mass is 375 g/mol. The van der Waals surface area contributed by atoms with Crippen molar-refractivity contribution in [2.24, 2.45) is 17.3 Å². The number of rotatable bonds is 7. The zero-order valence-corrected chi connectivity index (χ0v) is 15.6. The van der Waals surface area contributed by atoms with E-state index in [9.17, 15) is 14.7 Å². The molecular weight excluding hydrogens is 354 g/mol. The number of carboxylic acids is 1. The summed E-state index contributed by atoms with van der Waals surface area (Å²) in [5.41, 5.74) is -0.550. The quantitative estimate of drug-likeness (QED) is 0.769. The van der Waals surface area contributed by atoms with Gasteiger partial charge in [-0.05, 0) is 24.0 Å². The molecule has 0 aliphatic heterocycles. The van der Waals surface area contributed by atoms with E-state index in [0.29, 0.717) is 16.6 Å². The molecule has 138 valence electrons. The minimum atomic E-state index is -0.949. The summed E-state index contributed by atoms with van der Waals surface area (Å²) in [4.78, 5) is 23.6. The zero-order valence-electron chi connectivity index (χ0n) is 14.8. The molecule has 1 fully saturated rings. The van der Waals surface area contributed by atoms with Crippen LogP contribution in [0.15, 0.2) is 30.3 Å². The topological polar surface area (TPSA) is 101 Å². The summed E-state index contributed by atoms with van der Waals surface area (Å²) in [5, 5.41) is 21.0. The number of ether oxygens (including phenoxy) is 1. The van der Waals surface area contributed by atoms with Crippen molar-refractivity contribution in [2.75, 3.05) is 5.32 Å². The van der Waals surface area contributed by atoms with Gasteiger partial charge in [0.05, 0.1) is 11.8 Å². The van der Waals surface area contributed by atoms with Crippen molar-refractivity contribution >= 4 is 28.3 Å². The van der Waals surface area contributed by atoms with Gasteiger partial charge in [0, 0.05) is 0 Å². The molecule has 1 aliphatic carbocycles. The summed E-state index contributed by atoms with van der Waals surface area (Å²) in [6.45, 7) is 5.54. The maximum absolute atomic E-state index is 12.4. The number of aromatic nitrogens is 2. The number of nitrogens with zero attached hydrogens (tertiary/aromatic N) is 2. The van der Waals surface area contributed by atoms with Gasteiger partial charge in [0.1, 0.15) is 5.75 Å². The van der Waals surface area contributed by atoms with Gasteiger partial charge in [-0.15, -0.1) is 10.2 Å². The third-order valence-electron chi connectivity index (χ3n) is 4.71. The molecule has 1 saturated carbocycles. The van der Waals surface area contributed by atoms with E-state index in [1.807, 2.05) is 37.3 Å². The first kappa shape index (κ1) is 18.3. The van der Waals surface area contributed by atoms with Crippen LogP contribution in [-0.2, 0) is 9.59 Å². The van der Waals surface area contributed by atoms with Crippen LogP contribution < -0.4 is 10.1 Å². The highest BCUT2D eigenvalue weighted by molar-refractivity contribution is 7.15. The van der Waals surface area contributed by atoms with Crippen molar-refractivity contribution in [1.29, 1.82) is 0 Å². The Labute approximate surface area is 155 Å². The van der Waals surface area contributed by atoms with Gasteiger partial charge in [0.25, 0.3) is 0 Å². The highest BCUT2D eigenvalue weighted by Gasteiger charge is 2.66. The summed E-state index contributed by atoms with van der Waals surface area (Å²) in [6, 6.07) is 9.44. The second kappa shape index (κ2) is 7.03. The lowest BCUT2D eigenvalue weighted by Gasteiger charge is -2.14. The number of amides is 1. The van der Waals surface area contributed by atoms with Crippen LogP contribution in [0, 0.1) is 17.3 Å². The van der Waals surface area contributed by atoms with E-state index in [4.69, 9.17) is 4.74 Å². The molecule has 1 aromatic heterocycles. The molecule has 7 nitrogen and oxygen atoms in total. The fourth-order valence-corrected chi connectivity index (χ4v) is 4.02. The Hall–Kier alpha value is -2.48. The van der Waals surface area contributed by atoms with Crippen LogP contribution >= 0.6 is 11.3 Å². The Kier molecular flexibility index (Phi) is 4.95. The molecule has 0 bridgehead atoms. The van der Waals surface area contributed by atoms with Crippen LogP contribution in [0.1, 0.15) is 38.3 Å². The van der Waals surface area contributed by atoms with E-state index in [0.717, 1.165) is 5.75 Å². The standard InChI is InChI=1S/C18H21N3O4S/c1-4-11(25-10-8-6-5-7-9-10)15-20-21-17(26-15)19-14(22)12-13(16(23)24)18(12,2)3/h5-9,11-13H,4H2,1-3H3,(H,23,24)(H,19,21,22)/t11-,12-,13-/m0/s1. The van der Waals surface area contributed by atoms with Crippen LogP contribution in [-0.4, -0.2) is 27.2 Å². The number of anilines is 1. The maximum Gasteiger partial charge on any atom is 0.307 e. The molecule has 0 unspecified atom stereocenters. The number of carbonyl (C=O) groups excluding carboxylic acids is 1. The van der Waals surface area contributed by atoms with E-state index in [1.54, 1.807) is 13.8 Å². The third-order valence-corrected chi connectivity index (χ3v) is 5.65. The lowest BCUT2D eigenvalue weighted by molar-refractivity contribution is -0.140. The first-order valence-electron chi connectivity index (χ1n) is 8.43. The van der Waals surface area contributed by atoms with Crippen LogP contribution in [0.3, 0.4) is 0 Å². The first-order valence-corrected chi connectivity index (χ1v) is 9.25. The van der Waals surface area contributed by atoms with Crippen molar-refractivity contribution in [3.63, 3.8) is 0 Å². The van der Waals surface area contributed by atoms with Crippen molar-refractivity contribution in [3.05, 3.63) is 35.3 Å². The average molecular weight is 375 g/mol. The van der Waals surface area contributed by atoms with E-state index in [2.05, 4.69) is 15.5 Å². The van der Waals surface area contributed by atoms with Gasteiger partial charge in [0.15, 0.2) is 11.1 Å². The third kappa shape index (κ3) is 3.55. The smallest absolute Gasteiger partial charge is 0.307 e. The minimum Gasteiger partial charge on any atom is -0.483 e. The average Bonchev–Trinajstić information content (AvgIpc) is 2.94. The molecule has 1 aliphatic rings. The molecule has 0 saturated heterocycles. The molecular formula is C18H21N3O4S. The van der Waals surface area contributed by atoms with Crippen LogP contribution in [0.25, 0.3) is 0 Å². The SMILES string of the molecule is CC[C@H](Oc1ccccc1)c1nnc(NC(=O)[C@@H]2[C@@H](C(=O)O)C2(C)C)s1. The fraction of sp³-hybridized carbons (Fsp3) is 0.444. The lowest BCUT2D eigenvalue weighted by atomic mass is 10.1. The maximum atomic E-state index is 12.4. The van der Waals surface area contributed by atoms with Gasteiger partial charge in [-0.2, -0.15) is 0 Å². The number of hydrogen-bond donors (Lipinski definition) is 2. The van der Waals surface area contributed by atoms with Gasteiger partial charge in [0.2, 0.25) is 11.0 Å². The summed E-state index contributed by atoms with van der Waals surface area (Å²) in [6.07, 6.45) is 0.443. The summed E-state index contributed by atoms with van der Waals surface area (Å²) in [5.74, 6) is -1.77. The number of benzene rings is 1. The van der Waals surface area contributed by atoms with Crippen LogP contribution in [0.2, 0.25) is 0 Å². The predicted octanol–water partition coefficient (Wildman–Crippen LogP) is 3.36. The van der Waals surface area contributed by atoms with E-state index in [-0.39, 0.29) is 12.0 Å². The summed E-state index contributed by atoms with van der Waals surface area (Å²) in [7, 11) is 0. The Morgan fingerprint density at radius 1 is 1.27 bits per heavy atom. The Morgan fingerprint density at radius 2 is 1.96 bits per heavy atom. The number of hydrogen-bond acceptors (Lipinski definition) is 6. The summed E-state index contributed by atoms with van der Waals surface area (Å²) < 4.78 is 5.93. The molecule has 1 heterocycles. The zero-order chi connectivity index (χ0) is 18.9. The highest BCUT2D eigenvalue weighted by atomic mass is 32.1.